The van der Waals surface area contributed by atoms with E-state index in [2.05, 4.69) is 5.32 Å². The van der Waals surface area contributed by atoms with E-state index in [0.29, 0.717) is 6.54 Å². The summed E-state index contributed by atoms with van der Waals surface area (Å²) in [6.07, 6.45) is 0. The summed E-state index contributed by atoms with van der Waals surface area (Å²) < 4.78 is 32.1. The Morgan fingerprint density at radius 3 is 2.61 bits per heavy atom. The Bertz CT molecular complexity index is 543. The Morgan fingerprint density at radius 1 is 1.11 bits per heavy atom. The Balaban J connectivity index is 2.26. The standard InChI is InChI=1S/C14H13F2NO/c1-17-9-10-6-11(15)8-12(7-10)18-14-5-3-2-4-13(14)16/h2-8,17H,9H2,1H3. The number of hydrogen-bond acceptors (Lipinski definition) is 2. The van der Waals surface area contributed by atoms with Crippen molar-refractivity contribution in [2.45, 2.75) is 6.54 Å². The van der Waals surface area contributed by atoms with E-state index in [4.69, 9.17) is 4.74 Å². The van der Waals surface area contributed by atoms with Gasteiger partial charge < -0.3 is 10.1 Å². The lowest BCUT2D eigenvalue weighted by molar-refractivity contribution is 0.438. The Kier molecular flexibility index (Phi) is 3.89. The van der Waals surface area contributed by atoms with E-state index in [1.165, 1.54) is 24.3 Å². The van der Waals surface area contributed by atoms with Crippen LogP contribution in [0.15, 0.2) is 42.5 Å². The third-order valence-electron chi connectivity index (χ3n) is 2.38. The monoisotopic (exact) mass is 249 g/mol. The number of nitrogens with one attached hydrogen (secondary N) is 1. The summed E-state index contributed by atoms with van der Waals surface area (Å²) in [5.41, 5.74) is 0.740. The molecule has 0 saturated heterocycles. The number of rotatable bonds is 4. The van der Waals surface area contributed by atoms with Crippen molar-refractivity contribution in [1.29, 1.82) is 0 Å². The molecule has 0 unspecified atom stereocenters. The molecular formula is C14H13F2NO. The Hall–Kier alpha value is -1.94. The molecule has 0 aromatic heterocycles. The molecule has 0 fully saturated rings. The highest BCUT2D eigenvalue weighted by atomic mass is 19.1. The first-order valence-corrected chi connectivity index (χ1v) is 5.55. The summed E-state index contributed by atoms with van der Waals surface area (Å²) in [6.45, 7) is 0.519. The fourth-order valence-corrected chi connectivity index (χ4v) is 1.64. The SMILES string of the molecule is CNCc1cc(F)cc(Oc2ccccc2F)c1. The summed E-state index contributed by atoms with van der Waals surface area (Å²) in [6, 6.07) is 10.3. The summed E-state index contributed by atoms with van der Waals surface area (Å²) in [4.78, 5) is 0. The Morgan fingerprint density at radius 2 is 1.89 bits per heavy atom. The van der Waals surface area contributed by atoms with Gasteiger partial charge in [0, 0.05) is 12.6 Å². The van der Waals surface area contributed by atoms with Crippen LogP contribution in [0.2, 0.25) is 0 Å². The highest BCUT2D eigenvalue weighted by Gasteiger charge is 2.06. The summed E-state index contributed by atoms with van der Waals surface area (Å²) in [5, 5.41) is 2.92. The van der Waals surface area contributed by atoms with Crippen molar-refractivity contribution in [3.05, 3.63) is 59.7 Å². The number of ether oxygens (including phenoxy) is 1. The molecular weight excluding hydrogens is 236 g/mol. The van der Waals surface area contributed by atoms with Crippen molar-refractivity contribution in [3.63, 3.8) is 0 Å². The summed E-state index contributed by atoms with van der Waals surface area (Å²) in [7, 11) is 1.77. The second kappa shape index (κ2) is 5.60. The van der Waals surface area contributed by atoms with Gasteiger partial charge in [-0.3, -0.25) is 0 Å². The van der Waals surface area contributed by atoms with Gasteiger partial charge in [-0.2, -0.15) is 0 Å². The van der Waals surface area contributed by atoms with Gasteiger partial charge in [0.05, 0.1) is 0 Å². The van der Waals surface area contributed by atoms with Crippen LogP contribution in [-0.4, -0.2) is 7.05 Å². The quantitative estimate of drug-likeness (QED) is 0.895. The molecule has 0 radical (unpaired) electrons. The minimum atomic E-state index is -0.475. The van der Waals surface area contributed by atoms with Crippen molar-refractivity contribution in [3.8, 4) is 11.5 Å². The smallest absolute Gasteiger partial charge is 0.165 e. The minimum absolute atomic E-state index is 0.0820. The number of halogens is 2. The molecule has 18 heavy (non-hydrogen) atoms. The Labute approximate surface area is 104 Å². The topological polar surface area (TPSA) is 21.3 Å². The molecule has 0 aliphatic carbocycles. The molecule has 0 aliphatic rings. The van der Waals surface area contributed by atoms with Crippen molar-refractivity contribution >= 4 is 0 Å². The first-order chi connectivity index (χ1) is 8.69. The zero-order valence-electron chi connectivity index (χ0n) is 9.91. The summed E-state index contributed by atoms with van der Waals surface area (Å²) in [5.74, 6) is -0.519. The van der Waals surface area contributed by atoms with E-state index in [-0.39, 0.29) is 11.5 Å². The van der Waals surface area contributed by atoms with E-state index in [1.54, 1.807) is 25.2 Å². The van der Waals surface area contributed by atoms with Gasteiger partial charge in [-0.15, -0.1) is 0 Å². The lowest BCUT2D eigenvalue weighted by Gasteiger charge is -2.08. The van der Waals surface area contributed by atoms with Gasteiger partial charge in [0.25, 0.3) is 0 Å². The molecule has 2 aromatic carbocycles. The fourth-order valence-electron chi connectivity index (χ4n) is 1.64. The third-order valence-corrected chi connectivity index (χ3v) is 2.38. The van der Waals surface area contributed by atoms with E-state index >= 15 is 0 Å². The van der Waals surface area contributed by atoms with Crippen molar-refractivity contribution in [2.24, 2.45) is 0 Å². The normalized spacial score (nSPS) is 10.4. The molecule has 0 aliphatic heterocycles. The van der Waals surface area contributed by atoms with E-state index < -0.39 is 11.6 Å². The highest BCUT2D eigenvalue weighted by Crippen LogP contribution is 2.25. The minimum Gasteiger partial charge on any atom is -0.454 e. The van der Waals surface area contributed by atoms with Crippen LogP contribution in [0.25, 0.3) is 0 Å². The largest absolute Gasteiger partial charge is 0.454 e. The maximum Gasteiger partial charge on any atom is 0.165 e. The van der Waals surface area contributed by atoms with Crippen LogP contribution in [0, 0.1) is 11.6 Å². The predicted octanol–water partition coefficient (Wildman–Crippen LogP) is 3.48. The van der Waals surface area contributed by atoms with Gasteiger partial charge in [-0.05, 0) is 36.9 Å². The summed E-state index contributed by atoms with van der Waals surface area (Å²) >= 11 is 0. The van der Waals surface area contributed by atoms with Crippen LogP contribution >= 0.6 is 0 Å². The van der Waals surface area contributed by atoms with Crippen LogP contribution < -0.4 is 10.1 Å². The second-order valence-corrected chi connectivity index (χ2v) is 3.86. The van der Waals surface area contributed by atoms with Gasteiger partial charge >= 0.3 is 0 Å². The fraction of sp³-hybridized carbons (Fsp3) is 0.143. The molecule has 0 bridgehead atoms. The van der Waals surface area contributed by atoms with Crippen LogP contribution in [-0.2, 0) is 6.54 Å². The van der Waals surface area contributed by atoms with Crippen LogP contribution in [0.5, 0.6) is 11.5 Å². The first-order valence-electron chi connectivity index (χ1n) is 5.55. The molecule has 94 valence electrons. The van der Waals surface area contributed by atoms with Crippen LogP contribution in [0.3, 0.4) is 0 Å². The average molecular weight is 249 g/mol. The lowest BCUT2D eigenvalue weighted by Crippen LogP contribution is -2.05. The van der Waals surface area contributed by atoms with Gasteiger partial charge in [-0.1, -0.05) is 12.1 Å². The van der Waals surface area contributed by atoms with E-state index in [0.717, 1.165) is 5.56 Å². The molecule has 0 heterocycles. The first kappa shape index (κ1) is 12.5. The third kappa shape index (κ3) is 3.05. The van der Waals surface area contributed by atoms with Gasteiger partial charge in [0.15, 0.2) is 11.6 Å². The number of hydrogen-bond donors (Lipinski definition) is 1. The van der Waals surface area contributed by atoms with E-state index in [9.17, 15) is 8.78 Å². The maximum absolute atomic E-state index is 13.4. The molecule has 0 saturated carbocycles. The predicted molar refractivity (Wildman–Crippen MR) is 65.6 cm³/mol. The van der Waals surface area contributed by atoms with Gasteiger partial charge in [0.2, 0.25) is 0 Å². The molecule has 0 amide bonds. The number of benzene rings is 2. The number of para-hydroxylation sites is 1. The molecule has 4 heteroatoms. The van der Waals surface area contributed by atoms with Crippen molar-refractivity contribution < 1.29 is 13.5 Å². The molecule has 2 aromatic rings. The van der Waals surface area contributed by atoms with Crippen molar-refractivity contribution in [1.82, 2.24) is 5.32 Å². The van der Waals surface area contributed by atoms with E-state index in [1.807, 2.05) is 0 Å². The maximum atomic E-state index is 13.4. The average Bonchev–Trinajstić information content (AvgIpc) is 2.32. The van der Waals surface area contributed by atoms with Gasteiger partial charge in [0.1, 0.15) is 11.6 Å². The highest BCUT2D eigenvalue weighted by molar-refractivity contribution is 5.35. The molecule has 0 atom stereocenters. The van der Waals surface area contributed by atoms with Crippen molar-refractivity contribution in [2.75, 3.05) is 7.05 Å². The van der Waals surface area contributed by atoms with Crippen LogP contribution in [0.4, 0.5) is 8.78 Å². The zero-order valence-corrected chi connectivity index (χ0v) is 9.91. The second-order valence-electron chi connectivity index (χ2n) is 3.86. The lowest BCUT2D eigenvalue weighted by atomic mass is 10.2. The van der Waals surface area contributed by atoms with Gasteiger partial charge in [-0.25, -0.2) is 8.78 Å². The molecule has 1 N–H and O–H groups in total. The molecule has 2 rings (SSSR count). The molecule has 0 spiro atoms. The molecule has 2 nitrogen and oxygen atoms in total. The zero-order chi connectivity index (χ0) is 13.0. The van der Waals surface area contributed by atoms with Crippen LogP contribution in [0.1, 0.15) is 5.56 Å².